The minimum atomic E-state index is -0.281. The maximum Gasteiger partial charge on any atom is 0.241 e. The Morgan fingerprint density at radius 3 is 2.71 bits per heavy atom. The molecule has 4 rings (SSSR count). The first-order chi connectivity index (χ1) is 15.0. The van der Waals surface area contributed by atoms with Crippen LogP contribution in [0.4, 0.5) is 4.39 Å². The van der Waals surface area contributed by atoms with Crippen LogP contribution in [0.5, 0.6) is 0 Å². The van der Waals surface area contributed by atoms with Crippen LogP contribution in [0.25, 0.3) is 11.4 Å². The number of carbonyl (C=O) groups excluding carboxylic acids is 1. The van der Waals surface area contributed by atoms with Crippen molar-refractivity contribution < 1.29 is 13.7 Å². The summed E-state index contributed by atoms with van der Waals surface area (Å²) in [5.74, 6) is 0.769. The average molecular weight is 423 g/mol. The number of halogens is 1. The van der Waals surface area contributed by atoms with E-state index >= 15 is 0 Å². The van der Waals surface area contributed by atoms with Crippen molar-refractivity contribution in [3.8, 4) is 11.4 Å². The first-order valence-corrected chi connectivity index (χ1v) is 10.7. The molecule has 1 aliphatic heterocycles. The molecule has 1 amide bonds. The number of hydrogen-bond donors (Lipinski definition) is 1. The molecule has 0 aliphatic carbocycles. The van der Waals surface area contributed by atoms with E-state index in [1.165, 1.54) is 17.7 Å². The van der Waals surface area contributed by atoms with Gasteiger partial charge in [0.15, 0.2) is 0 Å². The maximum atomic E-state index is 13.1. The number of likely N-dealkylation sites (tertiary alicyclic amines) is 1. The van der Waals surface area contributed by atoms with Gasteiger partial charge in [0.1, 0.15) is 5.82 Å². The topological polar surface area (TPSA) is 71.3 Å². The molecule has 0 bridgehead atoms. The third-order valence-corrected chi connectivity index (χ3v) is 5.74. The molecule has 1 saturated heterocycles. The highest BCUT2D eigenvalue weighted by molar-refractivity contribution is 5.79. The standard InChI is InChI=1S/C24H27FN4O2/c1-16-5-7-19(8-6-16)23-27-22(31-28-23)15-29-13-3-4-20(14-29)24(30)26-17(2)18-9-11-21(25)12-10-18/h5-12,17,20H,3-4,13-15H2,1-2H3,(H,26,30). The summed E-state index contributed by atoms with van der Waals surface area (Å²) in [6, 6.07) is 14.1. The fourth-order valence-electron chi connectivity index (χ4n) is 3.91. The molecule has 1 aliphatic rings. The largest absolute Gasteiger partial charge is 0.349 e. The van der Waals surface area contributed by atoms with Gasteiger partial charge in [-0.1, -0.05) is 47.1 Å². The lowest BCUT2D eigenvalue weighted by molar-refractivity contribution is -0.127. The summed E-state index contributed by atoms with van der Waals surface area (Å²) in [6.07, 6.45) is 1.78. The van der Waals surface area contributed by atoms with Crippen LogP contribution in [0, 0.1) is 18.7 Å². The normalized spacial score (nSPS) is 18.0. The number of benzene rings is 2. The van der Waals surface area contributed by atoms with E-state index in [4.69, 9.17) is 4.52 Å². The molecule has 162 valence electrons. The number of nitrogens with zero attached hydrogens (tertiary/aromatic N) is 3. The molecule has 0 saturated carbocycles. The summed E-state index contributed by atoms with van der Waals surface area (Å²) in [4.78, 5) is 19.5. The van der Waals surface area contributed by atoms with Crippen LogP contribution in [0.15, 0.2) is 53.1 Å². The number of carbonyl (C=O) groups is 1. The van der Waals surface area contributed by atoms with E-state index in [0.29, 0.717) is 24.8 Å². The van der Waals surface area contributed by atoms with Gasteiger partial charge < -0.3 is 9.84 Å². The van der Waals surface area contributed by atoms with Gasteiger partial charge in [-0.25, -0.2) is 4.39 Å². The summed E-state index contributed by atoms with van der Waals surface area (Å²) in [6.45, 7) is 6.01. The zero-order valence-corrected chi connectivity index (χ0v) is 17.8. The third-order valence-electron chi connectivity index (χ3n) is 5.74. The number of rotatable bonds is 6. The molecular weight excluding hydrogens is 395 g/mol. The fraction of sp³-hybridized carbons (Fsp3) is 0.375. The van der Waals surface area contributed by atoms with Crippen LogP contribution in [0.2, 0.25) is 0 Å². The summed E-state index contributed by atoms with van der Waals surface area (Å²) < 4.78 is 18.6. The first-order valence-electron chi connectivity index (χ1n) is 10.7. The lowest BCUT2D eigenvalue weighted by atomic mass is 9.96. The van der Waals surface area contributed by atoms with Gasteiger partial charge in [0.2, 0.25) is 17.6 Å². The Morgan fingerprint density at radius 2 is 1.97 bits per heavy atom. The molecule has 2 heterocycles. The van der Waals surface area contributed by atoms with Crippen molar-refractivity contribution in [3.63, 3.8) is 0 Å². The van der Waals surface area contributed by atoms with Gasteiger partial charge in [0, 0.05) is 12.1 Å². The van der Waals surface area contributed by atoms with Crippen LogP contribution >= 0.6 is 0 Å². The Morgan fingerprint density at radius 1 is 1.23 bits per heavy atom. The van der Waals surface area contributed by atoms with Crippen molar-refractivity contribution in [2.45, 2.75) is 39.3 Å². The summed E-state index contributed by atoms with van der Waals surface area (Å²) in [7, 11) is 0. The molecule has 7 heteroatoms. The number of amides is 1. The zero-order valence-electron chi connectivity index (χ0n) is 17.8. The van der Waals surface area contributed by atoms with Crippen molar-refractivity contribution in [2.24, 2.45) is 5.92 Å². The molecule has 3 aromatic rings. The number of aromatic nitrogens is 2. The highest BCUT2D eigenvalue weighted by Crippen LogP contribution is 2.22. The number of aryl methyl sites for hydroxylation is 1. The van der Waals surface area contributed by atoms with Crippen molar-refractivity contribution in [1.82, 2.24) is 20.4 Å². The Labute approximate surface area is 181 Å². The minimum absolute atomic E-state index is 0.0207. The van der Waals surface area contributed by atoms with Gasteiger partial charge in [-0.2, -0.15) is 4.98 Å². The van der Waals surface area contributed by atoms with Crippen LogP contribution in [0.1, 0.15) is 42.8 Å². The molecule has 2 atom stereocenters. The highest BCUT2D eigenvalue weighted by Gasteiger charge is 2.27. The van der Waals surface area contributed by atoms with Crippen LogP contribution in [-0.4, -0.2) is 34.0 Å². The van der Waals surface area contributed by atoms with Gasteiger partial charge in [0.25, 0.3) is 0 Å². The molecule has 1 fully saturated rings. The molecule has 31 heavy (non-hydrogen) atoms. The predicted molar refractivity (Wildman–Crippen MR) is 115 cm³/mol. The highest BCUT2D eigenvalue weighted by atomic mass is 19.1. The Balaban J connectivity index is 1.33. The summed E-state index contributed by atoms with van der Waals surface area (Å²) in [5.41, 5.74) is 2.99. The molecule has 1 N–H and O–H groups in total. The van der Waals surface area contributed by atoms with Crippen molar-refractivity contribution >= 4 is 5.91 Å². The third kappa shape index (κ3) is 5.35. The van der Waals surface area contributed by atoms with E-state index in [-0.39, 0.29) is 23.7 Å². The molecule has 1 aromatic heterocycles. The quantitative estimate of drug-likeness (QED) is 0.642. The van der Waals surface area contributed by atoms with Gasteiger partial charge >= 0.3 is 0 Å². The van der Waals surface area contributed by atoms with Crippen LogP contribution in [0.3, 0.4) is 0 Å². The summed E-state index contributed by atoms with van der Waals surface area (Å²) >= 11 is 0. The second-order valence-electron chi connectivity index (χ2n) is 8.23. The lowest BCUT2D eigenvalue weighted by Gasteiger charge is -2.31. The van der Waals surface area contributed by atoms with Crippen LogP contribution in [-0.2, 0) is 11.3 Å². The monoisotopic (exact) mass is 422 g/mol. The van der Waals surface area contributed by atoms with Crippen molar-refractivity contribution in [3.05, 3.63) is 71.4 Å². The number of piperidine rings is 1. The first kappa shape index (κ1) is 21.2. The van der Waals surface area contributed by atoms with E-state index in [0.717, 1.165) is 30.5 Å². The fourth-order valence-corrected chi connectivity index (χ4v) is 3.91. The molecule has 0 radical (unpaired) electrons. The molecule has 2 unspecified atom stereocenters. The van der Waals surface area contributed by atoms with Crippen LogP contribution < -0.4 is 5.32 Å². The van der Waals surface area contributed by atoms with E-state index in [2.05, 4.69) is 20.4 Å². The maximum absolute atomic E-state index is 13.1. The van der Waals surface area contributed by atoms with E-state index < -0.39 is 0 Å². The van der Waals surface area contributed by atoms with E-state index in [9.17, 15) is 9.18 Å². The average Bonchev–Trinajstić information content (AvgIpc) is 3.23. The Kier molecular flexibility index (Phi) is 6.42. The lowest BCUT2D eigenvalue weighted by Crippen LogP contribution is -2.43. The number of nitrogens with one attached hydrogen (secondary N) is 1. The predicted octanol–water partition coefficient (Wildman–Crippen LogP) is 4.27. The molecule has 6 nitrogen and oxygen atoms in total. The second kappa shape index (κ2) is 9.39. The van der Waals surface area contributed by atoms with Crippen molar-refractivity contribution in [1.29, 1.82) is 0 Å². The SMILES string of the molecule is Cc1ccc(-c2noc(CN3CCCC(C(=O)NC(C)c4ccc(F)cc4)C3)n2)cc1. The minimum Gasteiger partial charge on any atom is -0.349 e. The second-order valence-corrected chi connectivity index (χ2v) is 8.23. The zero-order chi connectivity index (χ0) is 21.8. The van der Waals surface area contributed by atoms with Gasteiger partial charge in [-0.3, -0.25) is 9.69 Å². The molecule has 0 spiro atoms. The Bertz CT molecular complexity index is 1020. The molecular formula is C24H27FN4O2. The van der Waals surface area contributed by atoms with Crippen molar-refractivity contribution in [2.75, 3.05) is 13.1 Å². The van der Waals surface area contributed by atoms with E-state index in [1.54, 1.807) is 12.1 Å². The summed E-state index contributed by atoms with van der Waals surface area (Å²) in [5, 5.41) is 7.16. The van der Waals surface area contributed by atoms with Gasteiger partial charge in [-0.05, 0) is 50.9 Å². The molecule has 2 aromatic carbocycles. The Hall–Kier alpha value is -3.06. The van der Waals surface area contributed by atoms with Gasteiger partial charge in [-0.15, -0.1) is 0 Å². The number of hydrogen-bond acceptors (Lipinski definition) is 5. The smallest absolute Gasteiger partial charge is 0.241 e. The van der Waals surface area contributed by atoms with Gasteiger partial charge in [0.05, 0.1) is 18.5 Å². The van der Waals surface area contributed by atoms with E-state index in [1.807, 2.05) is 38.1 Å².